The van der Waals surface area contributed by atoms with Crippen molar-refractivity contribution in [3.05, 3.63) is 46.0 Å². The Bertz CT molecular complexity index is 1530. The van der Waals surface area contributed by atoms with E-state index in [1.807, 2.05) is 13.0 Å². The summed E-state index contributed by atoms with van der Waals surface area (Å²) >= 11 is 0. The molecule has 1 amide bonds. The second-order valence-corrected chi connectivity index (χ2v) is 17.5. The minimum atomic E-state index is -0.669. The van der Waals surface area contributed by atoms with Crippen LogP contribution in [0.1, 0.15) is 113 Å². The summed E-state index contributed by atoms with van der Waals surface area (Å²) in [5.74, 6) is 0.143. The number of fused-ring (bicyclic) bond motifs is 7. The molecular weight excluding hydrogens is 580 g/mol. The number of non-ortho nitro benzene ring substituents is 1. The third-order valence-corrected chi connectivity index (χ3v) is 14.7. The third kappa shape index (κ3) is 4.62. The number of benzene rings is 1. The van der Waals surface area contributed by atoms with E-state index in [1.165, 1.54) is 24.6 Å². The number of ether oxygens (including phenoxy) is 1. The van der Waals surface area contributed by atoms with Crippen LogP contribution in [-0.2, 0) is 19.1 Å². The van der Waals surface area contributed by atoms with Crippen molar-refractivity contribution in [1.29, 1.82) is 0 Å². The molecule has 250 valence electrons. The lowest BCUT2D eigenvalue weighted by molar-refractivity contribution is -0.384. The number of hydrogen-bond donors (Lipinski definition) is 1. The van der Waals surface area contributed by atoms with Crippen LogP contribution in [0.5, 0.6) is 0 Å². The molecule has 0 saturated heterocycles. The van der Waals surface area contributed by atoms with Crippen molar-refractivity contribution in [2.75, 3.05) is 5.32 Å². The van der Waals surface area contributed by atoms with Crippen molar-refractivity contribution >= 4 is 29.0 Å². The van der Waals surface area contributed by atoms with Crippen LogP contribution in [0.2, 0.25) is 0 Å². The van der Waals surface area contributed by atoms with E-state index in [-0.39, 0.29) is 74.3 Å². The summed E-state index contributed by atoms with van der Waals surface area (Å²) in [5, 5.41) is 14.3. The smallest absolute Gasteiger partial charge is 0.302 e. The van der Waals surface area contributed by atoms with Crippen LogP contribution in [0.25, 0.3) is 0 Å². The van der Waals surface area contributed by atoms with Gasteiger partial charge in [0.15, 0.2) is 5.78 Å². The molecule has 0 aliphatic heterocycles. The quantitative estimate of drug-likeness (QED) is 0.202. The van der Waals surface area contributed by atoms with Crippen LogP contribution >= 0.6 is 0 Å². The average Bonchev–Trinajstić information content (AvgIpc) is 2.96. The van der Waals surface area contributed by atoms with E-state index >= 15 is 0 Å². The van der Waals surface area contributed by atoms with Gasteiger partial charge in [-0.1, -0.05) is 60.1 Å². The molecule has 4 saturated carbocycles. The average molecular weight is 633 g/mol. The summed E-state index contributed by atoms with van der Waals surface area (Å²) in [7, 11) is 0. The first kappa shape index (κ1) is 32.9. The maximum Gasteiger partial charge on any atom is 0.302 e. The van der Waals surface area contributed by atoms with E-state index < -0.39 is 10.3 Å². The van der Waals surface area contributed by atoms with Gasteiger partial charge in [0.05, 0.1) is 4.92 Å². The number of carbonyl (C=O) groups is 3. The molecule has 5 aliphatic rings. The molecule has 0 radical (unpaired) electrons. The molecule has 9 atom stereocenters. The first-order valence-electron chi connectivity index (χ1n) is 17.3. The van der Waals surface area contributed by atoms with Crippen molar-refractivity contribution in [3.63, 3.8) is 0 Å². The van der Waals surface area contributed by atoms with Crippen molar-refractivity contribution < 1.29 is 24.0 Å². The molecule has 0 spiro atoms. The van der Waals surface area contributed by atoms with Gasteiger partial charge < -0.3 is 10.1 Å². The Morgan fingerprint density at radius 3 is 2.33 bits per heavy atom. The minimum absolute atomic E-state index is 0.00528. The Labute approximate surface area is 273 Å². The topological polar surface area (TPSA) is 116 Å². The van der Waals surface area contributed by atoms with Crippen LogP contribution in [0.3, 0.4) is 0 Å². The largest absolute Gasteiger partial charge is 0.462 e. The predicted molar refractivity (Wildman–Crippen MR) is 177 cm³/mol. The standard InChI is InChI=1S/C38H52N2O6/c1-23(41)46-30-13-14-36(6)29(33(30,2)3)12-15-38(8)31(36)28(42)21-26-27-22-35(5,17-16-34(27,4)18-19-37(26,38)7)32(43)39-24-10-9-11-25(20-24)40(44)45/h9-11,20-21,27,29-31H,12-19,22H2,1-8H3,(H,39,43)/t27-,29-,30+,31-,34-,35+,36-,37+,38-/m1/s1. The second-order valence-electron chi connectivity index (χ2n) is 17.5. The molecule has 1 N–H and O–H groups in total. The number of hydrogen-bond acceptors (Lipinski definition) is 6. The lowest BCUT2D eigenvalue weighted by Gasteiger charge is -2.70. The number of rotatable bonds is 4. The van der Waals surface area contributed by atoms with Crippen molar-refractivity contribution in [1.82, 2.24) is 0 Å². The van der Waals surface area contributed by atoms with Crippen LogP contribution in [0.15, 0.2) is 35.9 Å². The lowest BCUT2D eigenvalue weighted by atomic mass is 9.33. The number of nitrogens with one attached hydrogen (secondary N) is 1. The summed E-state index contributed by atoms with van der Waals surface area (Å²) in [6.07, 6.45) is 9.82. The van der Waals surface area contributed by atoms with Gasteiger partial charge in [0, 0.05) is 41.5 Å². The Morgan fingerprint density at radius 1 is 0.957 bits per heavy atom. The van der Waals surface area contributed by atoms with Crippen molar-refractivity contribution in [2.45, 2.75) is 119 Å². The van der Waals surface area contributed by atoms with Gasteiger partial charge in [0.2, 0.25) is 5.91 Å². The molecule has 5 aliphatic carbocycles. The first-order chi connectivity index (χ1) is 21.3. The van der Waals surface area contributed by atoms with Crippen LogP contribution in [-0.4, -0.2) is 28.7 Å². The fourth-order valence-electron chi connectivity index (χ4n) is 11.8. The van der Waals surface area contributed by atoms with Crippen molar-refractivity contribution in [3.8, 4) is 0 Å². The van der Waals surface area contributed by atoms with Crippen molar-refractivity contribution in [2.24, 2.45) is 50.2 Å². The van der Waals surface area contributed by atoms with Crippen LogP contribution in [0.4, 0.5) is 11.4 Å². The highest BCUT2D eigenvalue weighted by molar-refractivity contribution is 5.97. The number of esters is 1. The molecule has 0 aromatic heterocycles. The maximum atomic E-state index is 14.7. The molecule has 0 bridgehead atoms. The Morgan fingerprint density at radius 2 is 1.65 bits per heavy atom. The van der Waals surface area contributed by atoms with Gasteiger partial charge in [-0.15, -0.1) is 0 Å². The fourth-order valence-corrected chi connectivity index (χ4v) is 11.8. The number of nitrogens with zero attached hydrogens (tertiary/aromatic N) is 1. The maximum absolute atomic E-state index is 14.7. The summed E-state index contributed by atoms with van der Waals surface area (Å²) < 4.78 is 5.86. The van der Waals surface area contributed by atoms with Gasteiger partial charge in [-0.2, -0.15) is 0 Å². The van der Waals surface area contributed by atoms with Gasteiger partial charge >= 0.3 is 5.97 Å². The number of ketones is 1. The molecule has 46 heavy (non-hydrogen) atoms. The zero-order valence-electron chi connectivity index (χ0n) is 29.0. The van der Waals surface area contributed by atoms with E-state index in [2.05, 4.69) is 46.9 Å². The molecule has 4 fully saturated rings. The molecule has 8 heteroatoms. The fraction of sp³-hybridized carbons (Fsp3) is 0.711. The van der Waals surface area contributed by atoms with Crippen LogP contribution in [0, 0.1) is 60.4 Å². The highest BCUT2D eigenvalue weighted by Gasteiger charge is 2.70. The lowest BCUT2D eigenvalue weighted by Crippen LogP contribution is -2.66. The number of amides is 1. The molecule has 1 aromatic carbocycles. The van der Waals surface area contributed by atoms with E-state index in [0.29, 0.717) is 12.1 Å². The highest BCUT2D eigenvalue weighted by atomic mass is 16.6. The van der Waals surface area contributed by atoms with Gasteiger partial charge in [-0.25, -0.2) is 0 Å². The molecule has 0 heterocycles. The number of nitro groups is 1. The predicted octanol–water partition coefficient (Wildman–Crippen LogP) is 8.45. The Balaban J connectivity index is 1.33. The number of carbonyl (C=O) groups excluding carboxylic acids is 3. The SMILES string of the molecule is CC(=O)O[C@H]1CC[C@]2(C)[C@H](CC[C@]3(C)[C@@H]2C(=O)C=C2[C@H]4C[C@@](C)(C(=O)Nc5cccc([N+](=O)[O-])c5)CC[C@]4(C)CC[C@@]23C)C1(C)C. The first-order valence-corrected chi connectivity index (χ1v) is 17.3. The van der Waals surface area contributed by atoms with Gasteiger partial charge in [-0.05, 0) is 103 Å². The summed E-state index contributed by atoms with van der Waals surface area (Å²) in [5.41, 5.74) is 0.142. The molecule has 6 rings (SSSR count). The second kappa shape index (κ2) is 10.5. The number of anilines is 1. The molecule has 0 unspecified atom stereocenters. The Kier molecular flexibility index (Phi) is 7.50. The van der Waals surface area contributed by atoms with Gasteiger partial charge in [-0.3, -0.25) is 24.5 Å². The monoisotopic (exact) mass is 632 g/mol. The zero-order valence-corrected chi connectivity index (χ0v) is 29.0. The molecule has 1 aromatic rings. The summed E-state index contributed by atoms with van der Waals surface area (Å²) in [4.78, 5) is 51.4. The number of allylic oxidation sites excluding steroid dienone is 2. The minimum Gasteiger partial charge on any atom is -0.462 e. The van der Waals surface area contributed by atoms with E-state index in [9.17, 15) is 24.5 Å². The van der Waals surface area contributed by atoms with Crippen LogP contribution < -0.4 is 5.32 Å². The normalized spacial score (nSPS) is 42.7. The van der Waals surface area contributed by atoms with Gasteiger partial charge in [0.25, 0.3) is 5.69 Å². The Hall–Kier alpha value is -3.03. The molecular formula is C38H52N2O6. The summed E-state index contributed by atoms with van der Waals surface area (Å²) in [6, 6.07) is 6.12. The highest BCUT2D eigenvalue weighted by Crippen LogP contribution is 2.75. The van der Waals surface area contributed by atoms with E-state index in [4.69, 9.17) is 4.74 Å². The van der Waals surface area contributed by atoms with E-state index in [0.717, 1.165) is 51.4 Å². The zero-order chi connectivity index (χ0) is 33.7. The van der Waals surface area contributed by atoms with E-state index in [1.54, 1.807) is 12.1 Å². The third-order valence-electron chi connectivity index (χ3n) is 14.7. The molecule has 8 nitrogen and oxygen atoms in total. The van der Waals surface area contributed by atoms with Gasteiger partial charge in [0.1, 0.15) is 6.10 Å². The number of nitro benzene ring substituents is 1. The summed E-state index contributed by atoms with van der Waals surface area (Å²) in [6.45, 7) is 17.5.